The largest absolute Gasteiger partial charge is 0.492 e. The van der Waals surface area contributed by atoms with E-state index in [2.05, 4.69) is 80.0 Å². The van der Waals surface area contributed by atoms with Crippen molar-refractivity contribution in [2.24, 2.45) is 5.92 Å². The highest BCUT2D eigenvalue weighted by atomic mass is 16.5. The Bertz CT molecular complexity index is 1010. The minimum Gasteiger partial charge on any atom is -0.492 e. The summed E-state index contributed by atoms with van der Waals surface area (Å²) in [7, 11) is 0. The summed E-state index contributed by atoms with van der Waals surface area (Å²) in [6.07, 6.45) is 4.60. The first kappa shape index (κ1) is 24.8. The Morgan fingerprint density at radius 3 is 2.45 bits per heavy atom. The van der Waals surface area contributed by atoms with E-state index in [1.54, 1.807) is 0 Å². The minimum absolute atomic E-state index is 0.117. The van der Waals surface area contributed by atoms with E-state index >= 15 is 0 Å². The van der Waals surface area contributed by atoms with Gasteiger partial charge >= 0.3 is 0 Å². The summed E-state index contributed by atoms with van der Waals surface area (Å²) >= 11 is 0. The Hall–Kier alpha value is -2.82. The number of fused-ring (bicyclic) bond motifs is 1. The molecule has 0 saturated carbocycles. The molecule has 0 bridgehead atoms. The number of nitrogens with one attached hydrogen (secondary N) is 1. The summed E-state index contributed by atoms with van der Waals surface area (Å²) in [5.41, 5.74) is 3.49. The number of aryl methyl sites for hydroxylation is 1. The third-order valence-corrected chi connectivity index (χ3v) is 6.61. The van der Waals surface area contributed by atoms with Crippen molar-refractivity contribution in [1.29, 1.82) is 0 Å². The lowest BCUT2D eigenvalue weighted by molar-refractivity contribution is -0.125. The number of rotatable bonds is 13. The first-order valence-electron chi connectivity index (χ1n) is 12.5. The highest BCUT2D eigenvalue weighted by Gasteiger charge is 2.14. The number of nitrogens with zero attached hydrogens (tertiary/aromatic N) is 2. The van der Waals surface area contributed by atoms with E-state index in [0.717, 1.165) is 61.3 Å². The maximum atomic E-state index is 12.2. The number of para-hydroxylation sites is 2. The van der Waals surface area contributed by atoms with E-state index in [4.69, 9.17) is 9.72 Å². The van der Waals surface area contributed by atoms with Crippen molar-refractivity contribution in [2.75, 3.05) is 13.2 Å². The van der Waals surface area contributed by atoms with Gasteiger partial charge in [0.1, 0.15) is 18.2 Å². The molecule has 0 spiro atoms. The molecule has 1 unspecified atom stereocenters. The zero-order valence-electron chi connectivity index (χ0n) is 20.6. The van der Waals surface area contributed by atoms with Crippen LogP contribution in [0.2, 0.25) is 0 Å². The second-order valence-electron chi connectivity index (χ2n) is 8.80. The van der Waals surface area contributed by atoms with Crippen LogP contribution in [0.3, 0.4) is 0 Å². The van der Waals surface area contributed by atoms with Crippen LogP contribution in [0, 0.1) is 5.92 Å². The Kier molecular flexibility index (Phi) is 9.35. The van der Waals surface area contributed by atoms with Gasteiger partial charge in [-0.05, 0) is 61.4 Å². The Labute approximate surface area is 198 Å². The molecular formula is C28H39N3O2. The average Bonchev–Trinajstić information content (AvgIpc) is 3.20. The molecule has 5 nitrogen and oxygen atoms in total. The van der Waals surface area contributed by atoms with E-state index in [1.165, 1.54) is 5.56 Å². The van der Waals surface area contributed by atoms with Crippen LogP contribution in [0.25, 0.3) is 11.0 Å². The molecule has 5 heteroatoms. The van der Waals surface area contributed by atoms with Gasteiger partial charge in [0.25, 0.3) is 0 Å². The third kappa shape index (κ3) is 6.59. The van der Waals surface area contributed by atoms with Gasteiger partial charge in [0.05, 0.1) is 17.6 Å². The number of hydrogen-bond acceptors (Lipinski definition) is 3. The summed E-state index contributed by atoms with van der Waals surface area (Å²) in [6.45, 7) is 10.6. The van der Waals surface area contributed by atoms with Crippen LogP contribution in [0.15, 0.2) is 48.5 Å². The van der Waals surface area contributed by atoms with Gasteiger partial charge in [-0.1, -0.05) is 52.0 Å². The smallest absolute Gasteiger partial charge is 0.223 e. The van der Waals surface area contributed by atoms with E-state index in [1.807, 2.05) is 6.07 Å². The maximum absolute atomic E-state index is 12.2. The molecule has 0 radical (unpaired) electrons. The van der Waals surface area contributed by atoms with Gasteiger partial charge in [0, 0.05) is 18.9 Å². The lowest BCUT2D eigenvalue weighted by atomic mass is 9.99. The number of aromatic nitrogens is 2. The molecule has 0 fully saturated rings. The average molecular weight is 450 g/mol. The lowest BCUT2D eigenvalue weighted by Gasteiger charge is -2.14. The van der Waals surface area contributed by atoms with Gasteiger partial charge in [-0.15, -0.1) is 0 Å². The molecule has 1 aromatic heterocycles. The Morgan fingerprint density at radius 2 is 1.76 bits per heavy atom. The quantitative estimate of drug-likeness (QED) is 0.320. The SMILES string of the molecule is CCC(CC)C(=O)NCCCc1nc2ccccc2n1CCOc1ccc(C(C)CC)cc1. The van der Waals surface area contributed by atoms with Crippen molar-refractivity contribution in [3.8, 4) is 5.75 Å². The van der Waals surface area contributed by atoms with Gasteiger partial charge in [-0.2, -0.15) is 0 Å². The first-order valence-corrected chi connectivity index (χ1v) is 12.5. The molecule has 0 aliphatic carbocycles. The number of imidazole rings is 1. The molecule has 3 aromatic rings. The number of carbonyl (C=O) groups excluding carboxylic acids is 1. The van der Waals surface area contributed by atoms with Crippen molar-refractivity contribution in [3.05, 3.63) is 59.9 Å². The molecule has 1 amide bonds. The van der Waals surface area contributed by atoms with E-state index in [9.17, 15) is 4.79 Å². The van der Waals surface area contributed by atoms with Crippen LogP contribution < -0.4 is 10.1 Å². The lowest BCUT2D eigenvalue weighted by Crippen LogP contribution is -2.31. The van der Waals surface area contributed by atoms with Crippen LogP contribution in [-0.4, -0.2) is 28.6 Å². The summed E-state index contributed by atoms with van der Waals surface area (Å²) < 4.78 is 8.31. The van der Waals surface area contributed by atoms with Crippen LogP contribution in [0.4, 0.5) is 0 Å². The maximum Gasteiger partial charge on any atom is 0.223 e. The molecule has 3 rings (SSSR count). The topological polar surface area (TPSA) is 56.2 Å². The molecule has 33 heavy (non-hydrogen) atoms. The highest BCUT2D eigenvalue weighted by Crippen LogP contribution is 2.22. The number of ether oxygens (including phenoxy) is 1. The van der Waals surface area contributed by atoms with Crippen molar-refractivity contribution in [1.82, 2.24) is 14.9 Å². The normalized spacial score (nSPS) is 12.3. The fourth-order valence-corrected chi connectivity index (χ4v) is 4.21. The highest BCUT2D eigenvalue weighted by molar-refractivity contribution is 5.78. The molecule has 1 atom stereocenters. The van der Waals surface area contributed by atoms with Crippen molar-refractivity contribution in [3.63, 3.8) is 0 Å². The number of carbonyl (C=O) groups is 1. The fourth-order valence-electron chi connectivity index (χ4n) is 4.21. The summed E-state index contributed by atoms with van der Waals surface area (Å²) in [4.78, 5) is 17.1. The molecule has 0 aliphatic heterocycles. The second kappa shape index (κ2) is 12.4. The van der Waals surface area contributed by atoms with Gasteiger partial charge in [0.2, 0.25) is 5.91 Å². The van der Waals surface area contributed by atoms with Crippen LogP contribution in [0.1, 0.15) is 70.7 Å². The van der Waals surface area contributed by atoms with Gasteiger partial charge in [-0.3, -0.25) is 4.79 Å². The molecule has 0 saturated heterocycles. The first-order chi connectivity index (χ1) is 16.1. The monoisotopic (exact) mass is 449 g/mol. The van der Waals surface area contributed by atoms with E-state index in [-0.39, 0.29) is 11.8 Å². The number of amides is 1. The van der Waals surface area contributed by atoms with Gasteiger partial charge in [-0.25, -0.2) is 4.98 Å². The molecule has 1 N–H and O–H groups in total. The fraction of sp³-hybridized carbons (Fsp3) is 0.500. The van der Waals surface area contributed by atoms with Crippen LogP contribution >= 0.6 is 0 Å². The zero-order valence-corrected chi connectivity index (χ0v) is 20.6. The predicted octanol–water partition coefficient (Wildman–Crippen LogP) is 6.11. The van der Waals surface area contributed by atoms with Crippen molar-refractivity contribution < 1.29 is 9.53 Å². The molecule has 178 valence electrons. The third-order valence-electron chi connectivity index (χ3n) is 6.61. The van der Waals surface area contributed by atoms with Gasteiger partial charge in [0.15, 0.2) is 0 Å². The molecular weight excluding hydrogens is 410 g/mol. The summed E-state index contributed by atoms with van der Waals surface area (Å²) in [5.74, 6) is 2.80. The van der Waals surface area contributed by atoms with Crippen molar-refractivity contribution >= 4 is 16.9 Å². The second-order valence-corrected chi connectivity index (χ2v) is 8.80. The van der Waals surface area contributed by atoms with Crippen LogP contribution in [0.5, 0.6) is 5.75 Å². The van der Waals surface area contributed by atoms with E-state index in [0.29, 0.717) is 19.1 Å². The number of hydrogen-bond donors (Lipinski definition) is 1. The standard InChI is InChI=1S/C28H39N3O2/c1-5-21(4)23-14-16-24(17-15-23)33-20-19-31-26-12-9-8-11-25(26)30-27(31)13-10-18-29-28(32)22(6-2)7-3/h8-9,11-12,14-17,21-22H,5-7,10,13,18-20H2,1-4H3,(H,29,32). The molecule has 0 aliphatic rings. The van der Waals surface area contributed by atoms with Gasteiger partial charge < -0.3 is 14.6 Å². The Morgan fingerprint density at radius 1 is 1.03 bits per heavy atom. The zero-order chi connectivity index (χ0) is 23.6. The Balaban J connectivity index is 1.59. The predicted molar refractivity (Wildman–Crippen MR) is 136 cm³/mol. The van der Waals surface area contributed by atoms with Crippen LogP contribution in [-0.2, 0) is 17.8 Å². The number of benzene rings is 2. The van der Waals surface area contributed by atoms with Crippen molar-refractivity contribution in [2.45, 2.75) is 72.3 Å². The summed E-state index contributed by atoms with van der Waals surface area (Å²) in [5, 5.41) is 3.09. The summed E-state index contributed by atoms with van der Waals surface area (Å²) in [6, 6.07) is 16.7. The van der Waals surface area contributed by atoms with E-state index < -0.39 is 0 Å². The minimum atomic E-state index is 0.117. The molecule has 2 aromatic carbocycles. The molecule has 1 heterocycles.